The summed E-state index contributed by atoms with van der Waals surface area (Å²) in [6.07, 6.45) is 0.667. The van der Waals surface area contributed by atoms with Crippen molar-refractivity contribution in [3.8, 4) is 16.9 Å². The number of amides is 2. The van der Waals surface area contributed by atoms with Gasteiger partial charge in [-0.3, -0.25) is 14.5 Å². The van der Waals surface area contributed by atoms with Crippen molar-refractivity contribution < 1.29 is 33.7 Å². The van der Waals surface area contributed by atoms with Gasteiger partial charge < -0.3 is 30.3 Å². The number of rotatable bonds is 4. The molecule has 44 heavy (non-hydrogen) atoms. The molecule has 2 fully saturated rings. The van der Waals surface area contributed by atoms with Crippen LogP contribution < -0.4 is 15.4 Å². The fourth-order valence-electron chi connectivity index (χ4n) is 6.34. The Morgan fingerprint density at radius 3 is 2.57 bits per heavy atom. The van der Waals surface area contributed by atoms with Crippen LogP contribution in [0.15, 0.2) is 66.7 Å². The Hall–Kier alpha value is -3.83. The van der Waals surface area contributed by atoms with Gasteiger partial charge in [0, 0.05) is 37.7 Å². The highest BCUT2D eigenvalue weighted by atomic mass is 19.1. The number of halogens is 1. The van der Waals surface area contributed by atoms with E-state index in [2.05, 4.69) is 10.6 Å². The summed E-state index contributed by atoms with van der Waals surface area (Å²) in [5, 5.41) is 26.1. The van der Waals surface area contributed by atoms with Gasteiger partial charge in [-0.15, -0.1) is 0 Å². The van der Waals surface area contributed by atoms with E-state index in [1.165, 1.54) is 6.07 Å². The molecule has 9 nitrogen and oxygen atoms in total. The van der Waals surface area contributed by atoms with Crippen molar-refractivity contribution in [2.45, 2.75) is 69.2 Å². The number of hydrogen-bond donors (Lipinski definition) is 4. The molecule has 0 radical (unpaired) electrons. The fourth-order valence-corrected chi connectivity index (χ4v) is 6.34. The van der Waals surface area contributed by atoms with Gasteiger partial charge in [-0.05, 0) is 54.2 Å². The van der Waals surface area contributed by atoms with Crippen molar-refractivity contribution in [1.82, 2.24) is 15.5 Å². The minimum Gasteiger partial charge on any atom is -0.493 e. The molecule has 10 heteroatoms. The summed E-state index contributed by atoms with van der Waals surface area (Å²) in [4.78, 5) is 29.0. The van der Waals surface area contributed by atoms with Crippen LogP contribution in [0.3, 0.4) is 0 Å². The molecule has 2 amide bonds. The van der Waals surface area contributed by atoms with E-state index < -0.39 is 18.2 Å². The average Bonchev–Trinajstić information content (AvgIpc) is 3.43. The monoisotopic (exact) mass is 603 g/mol. The highest BCUT2D eigenvalue weighted by Crippen LogP contribution is 2.30. The maximum Gasteiger partial charge on any atom is 0.255 e. The molecule has 0 unspecified atom stereocenters. The Kier molecular flexibility index (Phi) is 9.22. The van der Waals surface area contributed by atoms with Gasteiger partial charge in [0.1, 0.15) is 17.7 Å². The second-order valence-electron chi connectivity index (χ2n) is 11.8. The predicted octanol–water partition coefficient (Wildman–Crippen LogP) is 3.17. The Bertz CT molecular complexity index is 1480. The lowest BCUT2D eigenvalue weighted by molar-refractivity contribution is -0.133. The average molecular weight is 604 g/mol. The lowest BCUT2D eigenvalue weighted by atomic mass is 9.99. The maximum atomic E-state index is 14.6. The molecule has 4 bridgehead atoms. The zero-order valence-electron chi connectivity index (χ0n) is 24.5. The van der Waals surface area contributed by atoms with Crippen LogP contribution in [0.1, 0.15) is 47.2 Å². The molecule has 0 spiro atoms. The highest BCUT2D eigenvalue weighted by molar-refractivity contribution is 5.98. The number of benzene rings is 3. The number of aliphatic hydroxyl groups excluding tert-OH is 2. The molecule has 3 aliphatic heterocycles. The number of hydrogen-bond acceptors (Lipinski definition) is 7. The molecule has 5 atom stereocenters. The van der Waals surface area contributed by atoms with Gasteiger partial charge in [0.25, 0.3) is 5.91 Å². The van der Waals surface area contributed by atoms with Gasteiger partial charge in [-0.1, -0.05) is 48.5 Å². The summed E-state index contributed by atoms with van der Waals surface area (Å²) in [6, 6.07) is 18.5. The number of carbonyl (C=O) groups is 2. The SMILES string of the molecule is O=C1N[C@H]2C[C@@H](C(=O)NC[C@H]3O[C@H](CCOc4cc(-c5ccc(CO)cc5)ccc41)CC[C@@H]3O)N(Cc1ccccc1F)C2. The van der Waals surface area contributed by atoms with E-state index in [9.17, 15) is 24.2 Å². The third-order valence-electron chi connectivity index (χ3n) is 8.82. The van der Waals surface area contributed by atoms with Crippen LogP contribution >= 0.6 is 0 Å². The molecule has 0 aliphatic carbocycles. The second-order valence-corrected chi connectivity index (χ2v) is 11.8. The van der Waals surface area contributed by atoms with Crippen molar-refractivity contribution >= 4 is 11.8 Å². The van der Waals surface area contributed by atoms with Crippen molar-refractivity contribution in [2.75, 3.05) is 19.7 Å². The molecule has 3 heterocycles. The topological polar surface area (TPSA) is 120 Å². The minimum atomic E-state index is -0.697. The molecular formula is C34H38FN3O6. The first-order valence-electron chi connectivity index (χ1n) is 15.2. The molecule has 3 aromatic carbocycles. The molecule has 232 valence electrons. The first kappa shape index (κ1) is 30.2. The molecule has 4 N–H and O–H groups in total. The maximum absolute atomic E-state index is 14.6. The van der Waals surface area contributed by atoms with E-state index >= 15 is 0 Å². The van der Waals surface area contributed by atoms with Gasteiger partial charge in [0.2, 0.25) is 5.91 Å². The van der Waals surface area contributed by atoms with Crippen LogP contribution in [-0.2, 0) is 22.7 Å². The summed E-state index contributed by atoms with van der Waals surface area (Å²) in [5.74, 6) is -0.483. The summed E-state index contributed by atoms with van der Waals surface area (Å²) < 4.78 is 27.0. The summed E-state index contributed by atoms with van der Waals surface area (Å²) in [6.45, 7) is 0.971. The van der Waals surface area contributed by atoms with Gasteiger partial charge in [0.15, 0.2) is 0 Å². The molecular weight excluding hydrogens is 565 g/mol. The summed E-state index contributed by atoms with van der Waals surface area (Å²) in [7, 11) is 0. The van der Waals surface area contributed by atoms with E-state index in [1.54, 1.807) is 24.3 Å². The predicted molar refractivity (Wildman–Crippen MR) is 161 cm³/mol. The van der Waals surface area contributed by atoms with E-state index in [-0.39, 0.29) is 49.5 Å². The smallest absolute Gasteiger partial charge is 0.255 e. The minimum absolute atomic E-state index is 0.0454. The van der Waals surface area contributed by atoms with Crippen LogP contribution in [0.2, 0.25) is 0 Å². The third kappa shape index (κ3) is 6.78. The number of fused-ring (bicyclic) bond motifs is 5. The second kappa shape index (κ2) is 13.4. The molecule has 2 saturated heterocycles. The van der Waals surface area contributed by atoms with Gasteiger partial charge >= 0.3 is 0 Å². The van der Waals surface area contributed by atoms with Gasteiger partial charge in [-0.2, -0.15) is 0 Å². The Balaban J connectivity index is 1.29. The van der Waals surface area contributed by atoms with Crippen LogP contribution in [0.4, 0.5) is 4.39 Å². The van der Waals surface area contributed by atoms with Gasteiger partial charge in [-0.25, -0.2) is 4.39 Å². The van der Waals surface area contributed by atoms with E-state index in [1.807, 2.05) is 41.3 Å². The highest BCUT2D eigenvalue weighted by Gasteiger charge is 2.39. The number of carbonyl (C=O) groups excluding carboxylic acids is 2. The number of nitrogens with one attached hydrogen (secondary N) is 2. The van der Waals surface area contributed by atoms with Crippen molar-refractivity contribution in [3.63, 3.8) is 0 Å². The number of aliphatic hydroxyl groups is 2. The quantitative estimate of drug-likeness (QED) is 0.362. The number of ether oxygens (including phenoxy) is 2. The largest absolute Gasteiger partial charge is 0.493 e. The van der Waals surface area contributed by atoms with E-state index in [4.69, 9.17) is 9.47 Å². The van der Waals surface area contributed by atoms with E-state index in [0.717, 1.165) is 16.7 Å². The molecule has 0 saturated carbocycles. The number of nitrogens with zero attached hydrogens (tertiary/aromatic N) is 1. The first-order valence-corrected chi connectivity index (χ1v) is 15.2. The van der Waals surface area contributed by atoms with Gasteiger partial charge in [0.05, 0.1) is 37.0 Å². The fraction of sp³-hybridized carbons (Fsp3) is 0.412. The summed E-state index contributed by atoms with van der Waals surface area (Å²) >= 11 is 0. The van der Waals surface area contributed by atoms with Crippen LogP contribution in [0.5, 0.6) is 5.75 Å². The normalized spacial score (nSPS) is 26.3. The van der Waals surface area contributed by atoms with Crippen LogP contribution in [0.25, 0.3) is 11.1 Å². The standard InChI is InChI=1S/C34H38FN3O6/c35-28-4-2-1-3-24(28)18-38-19-25-16-29(38)34(42)36-17-32-30(40)12-10-26(44-32)13-14-43-31-15-23(9-11-27(31)33(41)37-25)22-7-5-21(20-39)6-8-22/h1-9,11,15,25-26,29-30,32,39-40H,10,12-14,16-20H2,(H,36,42)(H,37,41)/t25-,26-,29-,30-,32+/m0/s1. The third-order valence-corrected chi connectivity index (χ3v) is 8.82. The van der Waals surface area contributed by atoms with Crippen molar-refractivity contribution in [2.24, 2.45) is 0 Å². The first-order chi connectivity index (χ1) is 21.4. The Morgan fingerprint density at radius 1 is 0.977 bits per heavy atom. The Labute approximate surface area is 256 Å². The Morgan fingerprint density at radius 2 is 1.77 bits per heavy atom. The van der Waals surface area contributed by atoms with Crippen molar-refractivity contribution in [1.29, 1.82) is 0 Å². The number of likely N-dealkylation sites (tertiary alicyclic amines) is 1. The van der Waals surface area contributed by atoms with E-state index in [0.29, 0.717) is 55.7 Å². The van der Waals surface area contributed by atoms with Crippen LogP contribution in [-0.4, -0.2) is 77.0 Å². The molecule has 0 aromatic heterocycles. The summed E-state index contributed by atoms with van der Waals surface area (Å²) in [5.41, 5.74) is 3.43. The molecule has 3 aliphatic rings. The molecule has 3 aromatic rings. The lowest BCUT2D eigenvalue weighted by Crippen LogP contribution is -2.50. The molecule has 6 rings (SSSR count). The van der Waals surface area contributed by atoms with Crippen LogP contribution in [0, 0.1) is 5.82 Å². The zero-order chi connectivity index (χ0) is 30.6. The van der Waals surface area contributed by atoms with Crippen molar-refractivity contribution in [3.05, 3.63) is 89.2 Å². The zero-order valence-corrected chi connectivity index (χ0v) is 24.5. The lowest BCUT2D eigenvalue weighted by Gasteiger charge is -2.34.